The van der Waals surface area contributed by atoms with E-state index in [0.717, 1.165) is 12.3 Å². The third-order valence-corrected chi connectivity index (χ3v) is 4.00. The Bertz CT molecular complexity index is 834. The van der Waals surface area contributed by atoms with Gasteiger partial charge in [-0.2, -0.15) is 4.98 Å². The number of ether oxygens (including phenoxy) is 1. The van der Waals surface area contributed by atoms with Crippen LogP contribution in [-0.2, 0) is 10.0 Å². The summed E-state index contributed by atoms with van der Waals surface area (Å²) < 4.78 is 31.4. The normalized spacial score (nSPS) is 11.2. The summed E-state index contributed by atoms with van der Waals surface area (Å²) in [5, 5.41) is -0.236. The molecule has 0 saturated carbocycles. The molecule has 112 valence electrons. The van der Waals surface area contributed by atoms with Crippen molar-refractivity contribution in [3.05, 3.63) is 39.4 Å². The number of hydrogen-bond acceptors (Lipinski definition) is 6. The molecule has 0 atom stereocenters. The average molecular weight is 331 g/mol. The number of halogens is 1. The number of nitrogens with one attached hydrogen (secondary N) is 2. The molecule has 0 spiro atoms. The number of nitrogens with zero attached hydrogens (tertiary/aromatic N) is 2. The molecule has 21 heavy (non-hydrogen) atoms. The number of hydrogen-bond donors (Lipinski definition) is 2. The van der Waals surface area contributed by atoms with Crippen LogP contribution in [0.25, 0.3) is 0 Å². The van der Waals surface area contributed by atoms with Gasteiger partial charge in [-0.25, -0.2) is 18.1 Å². The molecule has 0 saturated heterocycles. The summed E-state index contributed by atoms with van der Waals surface area (Å²) in [6.07, 6.45) is 1.03. The van der Waals surface area contributed by atoms with E-state index in [0.29, 0.717) is 5.69 Å². The van der Waals surface area contributed by atoms with Gasteiger partial charge in [-0.3, -0.25) is 4.79 Å². The number of methoxy groups -OCH3 is 1. The molecule has 2 aromatic rings. The fourth-order valence-corrected chi connectivity index (χ4v) is 2.64. The third-order valence-electron chi connectivity index (χ3n) is 2.41. The summed E-state index contributed by atoms with van der Waals surface area (Å²) in [5.41, 5.74) is -0.0526. The SMILES string of the molecule is COc1cc(C)nc(NS(=O)(=O)c2c[nH]c(=O)c(Cl)c2)n1. The number of rotatable bonds is 4. The Morgan fingerprint density at radius 2 is 2.05 bits per heavy atom. The van der Waals surface area contributed by atoms with Gasteiger partial charge in [0.05, 0.1) is 7.11 Å². The molecule has 0 aliphatic rings. The molecule has 0 radical (unpaired) electrons. The summed E-state index contributed by atoms with van der Waals surface area (Å²) in [7, 11) is -2.57. The summed E-state index contributed by atoms with van der Waals surface area (Å²) in [6.45, 7) is 1.67. The van der Waals surface area contributed by atoms with Gasteiger partial charge >= 0.3 is 0 Å². The van der Waals surface area contributed by atoms with Crippen molar-refractivity contribution < 1.29 is 13.2 Å². The van der Waals surface area contributed by atoms with E-state index in [4.69, 9.17) is 16.3 Å². The Morgan fingerprint density at radius 3 is 2.67 bits per heavy atom. The molecular formula is C11H11ClN4O4S. The summed E-state index contributed by atoms with van der Waals surface area (Å²) in [5.74, 6) is 0.0777. The van der Waals surface area contributed by atoms with Crippen molar-refractivity contribution in [2.24, 2.45) is 0 Å². The lowest BCUT2D eigenvalue weighted by Crippen LogP contribution is -2.17. The summed E-state index contributed by atoms with van der Waals surface area (Å²) in [4.78, 5) is 21.0. The molecule has 2 rings (SSSR count). The van der Waals surface area contributed by atoms with Crippen molar-refractivity contribution in [2.75, 3.05) is 11.8 Å². The van der Waals surface area contributed by atoms with Crippen molar-refractivity contribution in [2.45, 2.75) is 11.8 Å². The monoisotopic (exact) mass is 330 g/mol. The molecule has 0 unspecified atom stereocenters. The predicted octanol–water partition coefficient (Wildman–Crippen LogP) is 0.936. The Morgan fingerprint density at radius 1 is 1.33 bits per heavy atom. The highest BCUT2D eigenvalue weighted by Crippen LogP contribution is 2.16. The van der Waals surface area contributed by atoms with Crippen LogP contribution in [0.3, 0.4) is 0 Å². The highest BCUT2D eigenvalue weighted by atomic mass is 35.5. The highest BCUT2D eigenvalue weighted by molar-refractivity contribution is 7.92. The van der Waals surface area contributed by atoms with Crippen molar-refractivity contribution >= 4 is 27.6 Å². The van der Waals surface area contributed by atoms with Gasteiger partial charge in [0.25, 0.3) is 15.6 Å². The first kappa shape index (κ1) is 15.3. The van der Waals surface area contributed by atoms with E-state index in [1.54, 1.807) is 13.0 Å². The average Bonchev–Trinajstić information content (AvgIpc) is 2.40. The summed E-state index contributed by atoms with van der Waals surface area (Å²) in [6, 6.07) is 2.59. The van der Waals surface area contributed by atoms with Crippen molar-refractivity contribution in [1.82, 2.24) is 15.0 Å². The van der Waals surface area contributed by atoms with Gasteiger partial charge in [-0.15, -0.1) is 0 Å². The van der Waals surface area contributed by atoms with Gasteiger partial charge in [-0.1, -0.05) is 11.6 Å². The van der Waals surface area contributed by atoms with E-state index in [1.165, 1.54) is 7.11 Å². The lowest BCUT2D eigenvalue weighted by atomic mass is 10.4. The van der Waals surface area contributed by atoms with Gasteiger partial charge in [0.2, 0.25) is 11.8 Å². The van der Waals surface area contributed by atoms with E-state index in [2.05, 4.69) is 19.7 Å². The minimum Gasteiger partial charge on any atom is -0.481 e. The van der Waals surface area contributed by atoms with E-state index < -0.39 is 15.6 Å². The first-order valence-corrected chi connectivity index (χ1v) is 7.48. The van der Waals surface area contributed by atoms with E-state index >= 15 is 0 Å². The van der Waals surface area contributed by atoms with Gasteiger partial charge < -0.3 is 9.72 Å². The Balaban J connectivity index is 2.39. The second-order valence-corrected chi connectivity index (χ2v) is 6.08. The second-order valence-electron chi connectivity index (χ2n) is 3.99. The number of aromatic nitrogens is 3. The van der Waals surface area contributed by atoms with Crippen LogP contribution in [0.5, 0.6) is 5.88 Å². The number of H-pyrrole nitrogens is 1. The van der Waals surface area contributed by atoms with Crippen LogP contribution in [0.1, 0.15) is 5.69 Å². The number of aromatic amines is 1. The van der Waals surface area contributed by atoms with Gasteiger partial charge in [0.1, 0.15) is 9.92 Å². The number of pyridine rings is 1. The van der Waals surface area contributed by atoms with Crippen molar-refractivity contribution in [3.63, 3.8) is 0 Å². The Kier molecular flexibility index (Phi) is 4.14. The summed E-state index contributed by atoms with van der Waals surface area (Å²) >= 11 is 5.61. The first-order valence-electron chi connectivity index (χ1n) is 5.62. The maximum absolute atomic E-state index is 12.2. The Hall–Kier alpha value is -2.13. The zero-order valence-corrected chi connectivity index (χ0v) is 12.6. The first-order chi connectivity index (χ1) is 9.81. The van der Waals surface area contributed by atoms with Crippen LogP contribution in [0.2, 0.25) is 5.02 Å². The molecule has 0 aliphatic heterocycles. The van der Waals surface area contributed by atoms with Crippen molar-refractivity contribution in [1.29, 1.82) is 0 Å². The Labute approximate surface area is 125 Å². The number of anilines is 1. The zero-order chi connectivity index (χ0) is 15.6. The topological polar surface area (TPSA) is 114 Å². The van der Waals surface area contributed by atoms with Crippen LogP contribution in [0, 0.1) is 6.92 Å². The van der Waals surface area contributed by atoms with Gasteiger partial charge in [0.15, 0.2) is 0 Å². The van der Waals surface area contributed by atoms with Gasteiger partial charge in [0, 0.05) is 18.0 Å². The van der Waals surface area contributed by atoms with E-state index in [1.807, 2.05) is 0 Å². The van der Waals surface area contributed by atoms with Gasteiger partial charge in [-0.05, 0) is 13.0 Å². The maximum atomic E-state index is 12.2. The maximum Gasteiger partial charge on any atom is 0.266 e. The molecule has 2 aromatic heterocycles. The largest absolute Gasteiger partial charge is 0.481 e. The van der Waals surface area contributed by atoms with Crippen molar-refractivity contribution in [3.8, 4) is 5.88 Å². The van der Waals surface area contributed by atoms with Crippen LogP contribution in [0.15, 0.2) is 28.0 Å². The van der Waals surface area contributed by atoms with Crippen LogP contribution in [0.4, 0.5) is 5.95 Å². The lowest BCUT2D eigenvalue weighted by molar-refractivity contribution is 0.397. The highest BCUT2D eigenvalue weighted by Gasteiger charge is 2.18. The quantitative estimate of drug-likeness (QED) is 0.862. The molecule has 0 fully saturated rings. The fraction of sp³-hybridized carbons (Fsp3) is 0.182. The number of aryl methyl sites for hydroxylation is 1. The third kappa shape index (κ3) is 3.50. The molecule has 0 bridgehead atoms. The van der Waals surface area contributed by atoms with Crippen LogP contribution < -0.4 is 15.0 Å². The molecule has 0 aliphatic carbocycles. The molecular weight excluding hydrogens is 320 g/mol. The molecule has 2 heterocycles. The minimum absolute atomic E-state index is 0.144. The molecule has 8 nitrogen and oxygen atoms in total. The minimum atomic E-state index is -3.98. The molecule has 10 heteroatoms. The van der Waals surface area contributed by atoms with E-state index in [-0.39, 0.29) is 21.7 Å². The lowest BCUT2D eigenvalue weighted by Gasteiger charge is -2.08. The molecule has 0 amide bonds. The zero-order valence-electron chi connectivity index (χ0n) is 11.0. The number of sulfonamides is 1. The molecule has 2 N–H and O–H groups in total. The van der Waals surface area contributed by atoms with Crippen LogP contribution >= 0.6 is 11.6 Å². The smallest absolute Gasteiger partial charge is 0.266 e. The second kappa shape index (κ2) is 5.70. The predicted molar refractivity (Wildman–Crippen MR) is 76.2 cm³/mol. The standard InChI is InChI=1S/C11H11ClN4O4S/c1-6-3-9(20-2)15-11(14-6)16-21(18,19)7-4-8(12)10(17)13-5-7/h3-5H,1-2H3,(H,13,17)(H,14,15,16). The molecule has 0 aromatic carbocycles. The van der Waals surface area contributed by atoms with Crippen LogP contribution in [-0.4, -0.2) is 30.5 Å². The fourth-order valence-electron chi connectivity index (χ4n) is 1.46. The van der Waals surface area contributed by atoms with E-state index in [9.17, 15) is 13.2 Å².